The lowest BCUT2D eigenvalue weighted by Crippen LogP contribution is -2.25. The van der Waals surface area contributed by atoms with Crippen LogP contribution in [0.3, 0.4) is 0 Å². The maximum absolute atomic E-state index is 8.34. The summed E-state index contributed by atoms with van der Waals surface area (Å²) in [4.78, 5) is 2.25. The summed E-state index contributed by atoms with van der Waals surface area (Å²) in [6.07, 6.45) is 3.55. The fourth-order valence-corrected chi connectivity index (χ4v) is 0.910. The van der Waals surface area contributed by atoms with Crippen molar-refractivity contribution in [3.63, 3.8) is 0 Å². The molecule has 0 rings (SSSR count). The molecule has 2 heteroatoms. The molecule has 0 saturated carbocycles. The van der Waals surface area contributed by atoms with Gasteiger partial charge in [-0.05, 0) is 13.0 Å². The Labute approximate surface area is 69.1 Å². The second-order valence-corrected chi connectivity index (χ2v) is 2.42. The van der Waals surface area contributed by atoms with Gasteiger partial charge in [-0.15, -0.1) is 6.58 Å². The van der Waals surface area contributed by atoms with Gasteiger partial charge in [-0.1, -0.05) is 13.0 Å². The normalized spacial score (nSPS) is 9.55. The monoisotopic (exact) mass is 152 g/mol. The Balaban J connectivity index is 3.42. The quantitative estimate of drug-likeness (QED) is 0.543. The zero-order valence-corrected chi connectivity index (χ0v) is 7.21. The van der Waals surface area contributed by atoms with Crippen LogP contribution in [0.4, 0.5) is 0 Å². The number of rotatable bonds is 6. The first kappa shape index (κ1) is 10.2. The number of hydrogen-bond donors (Lipinski definition) is 0. The zero-order chi connectivity index (χ0) is 8.53. The van der Waals surface area contributed by atoms with Crippen molar-refractivity contribution in [3.05, 3.63) is 12.7 Å². The minimum absolute atomic E-state index is 0.630. The first-order valence-corrected chi connectivity index (χ1v) is 4.05. The number of hydrogen-bond acceptors (Lipinski definition) is 2. The molecule has 2 nitrogen and oxygen atoms in total. The van der Waals surface area contributed by atoms with Crippen LogP contribution in [0.1, 0.15) is 19.8 Å². The van der Waals surface area contributed by atoms with Crippen LogP contribution in [0, 0.1) is 11.3 Å². The average molecular weight is 152 g/mol. The van der Waals surface area contributed by atoms with E-state index in [9.17, 15) is 0 Å². The molecule has 0 spiro atoms. The van der Waals surface area contributed by atoms with Crippen LogP contribution in [-0.4, -0.2) is 24.5 Å². The van der Waals surface area contributed by atoms with E-state index in [2.05, 4.69) is 24.5 Å². The van der Waals surface area contributed by atoms with Gasteiger partial charge in [-0.3, -0.25) is 0 Å². The van der Waals surface area contributed by atoms with Gasteiger partial charge in [0.05, 0.1) is 6.07 Å². The fourth-order valence-electron chi connectivity index (χ4n) is 0.910. The van der Waals surface area contributed by atoms with Crippen LogP contribution in [-0.2, 0) is 0 Å². The Kier molecular flexibility index (Phi) is 6.76. The van der Waals surface area contributed by atoms with Crippen LogP contribution in [0.25, 0.3) is 0 Å². The Morgan fingerprint density at radius 3 is 2.73 bits per heavy atom. The summed E-state index contributed by atoms with van der Waals surface area (Å²) in [5.41, 5.74) is 0. The van der Waals surface area contributed by atoms with E-state index < -0.39 is 0 Å². The van der Waals surface area contributed by atoms with Crippen molar-refractivity contribution in [2.24, 2.45) is 0 Å². The second-order valence-electron chi connectivity index (χ2n) is 2.42. The van der Waals surface area contributed by atoms with E-state index in [0.717, 1.165) is 26.1 Å². The van der Waals surface area contributed by atoms with Gasteiger partial charge in [0, 0.05) is 19.5 Å². The highest BCUT2D eigenvalue weighted by molar-refractivity contribution is 4.74. The molecule has 62 valence electrons. The molecule has 0 atom stereocenters. The van der Waals surface area contributed by atoms with E-state index in [1.54, 1.807) is 0 Å². The minimum atomic E-state index is 0.630. The molecule has 0 aromatic rings. The largest absolute Gasteiger partial charge is 0.302 e. The van der Waals surface area contributed by atoms with E-state index in [4.69, 9.17) is 5.26 Å². The van der Waals surface area contributed by atoms with Crippen LogP contribution in [0.2, 0.25) is 0 Å². The van der Waals surface area contributed by atoms with E-state index >= 15 is 0 Å². The molecule has 0 radical (unpaired) electrons. The van der Waals surface area contributed by atoms with E-state index in [-0.39, 0.29) is 0 Å². The van der Waals surface area contributed by atoms with Crippen LogP contribution < -0.4 is 0 Å². The van der Waals surface area contributed by atoms with Crippen molar-refractivity contribution >= 4 is 0 Å². The molecule has 0 bridgehead atoms. The third-order valence-corrected chi connectivity index (χ3v) is 1.64. The second kappa shape index (κ2) is 7.30. The zero-order valence-electron chi connectivity index (χ0n) is 7.21. The summed E-state index contributed by atoms with van der Waals surface area (Å²) < 4.78 is 0. The predicted molar refractivity (Wildman–Crippen MR) is 47.2 cm³/mol. The summed E-state index contributed by atoms with van der Waals surface area (Å²) in [5.74, 6) is 0. The van der Waals surface area contributed by atoms with Gasteiger partial charge in [-0.2, -0.15) is 5.26 Å². The third kappa shape index (κ3) is 5.63. The lowest BCUT2D eigenvalue weighted by atomic mass is 10.3. The Bertz CT molecular complexity index is 135. The predicted octanol–water partition coefficient (Wildman–Crippen LogP) is 1.80. The molecule has 0 fully saturated rings. The first-order chi connectivity index (χ1) is 5.35. The minimum Gasteiger partial charge on any atom is -0.302 e. The molecule has 0 unspecified atom stereocenters. The van der Waals surface area contributed by atoms with Crippen molar-refractivity contribution < 1.29 is 0 Å². The maximum atomic E-state index is 8.34. The van der Waals surface area contributed by atoms with Gasteiger partial charge >= 0.3 is 0 Å². The topological polar surface area (TPSA) is 27.0 Å². The molecule has 0 N–H and O–H groups in total. The summed E-state index contributed by atoms with van der Waals surface area (Å²) >= 11 is 0. The molecular weight excluding hydrogens is 136 g/mol. The standard InChI is InChI=1S/C9H16N2/c1-3-5-8-11(4-2)9-6-7-10/h3H,1,4-6,8-9H2,2H3. The Hall–Kier alpha value is -0.810. The highest BCUT2D eigenvalue weighted by Gasteiger charge is 1.98. The molecule has 0 aliphatic heterocycles. The van der Waals surface area contributed by atoms with E-state index in [1.807, 2.05) is 6.08 Å². The third-order valence-electron chi connectivity index (χ3n) is 1.64. The lowest BCUT2D eigenvalue weighted by molar-refractivity contribution is 0.301. The van der Waals surface area contributed by atoms with Crippen LogP contribution in [0.15, 0.2) is 12.7 Å². The Morgan fingerprint density at radius 2 is 2.27 bits per heavy atom. The van der Waals surface area contributed by atoms with Crippen LogP contribution >= 0.6 is 0 Å². The molecule has 0 amide bonds. The van der Waals surface area contributed by atoms with Crippen molar-refractivity contribution in [1.29, 1.82) is 5.26 Å². The first-order valence-electron chi connectivity index (χ1n) is 4.05. The van der Waals surface area contributed by atoms with Gasteiger partial charge in [0.25, 0.3) is 0 Å². The molecule has 0 aliphatic rings. The Morgan fingerprint density at radius 1 is 1.55 bits per heavy atom. The lowest BCUT2D eigenvalue weighted by Gasteiger charge is -2.17. The van der Waals surface area contributed by atoms with Gasteiger partial charge < -0.3 is 4.90 Å². The molecule has 0 saturated heterocycles. The van der Waals surface area contributed by atoms with Crippen molar-refractivity contribution in [2.75, 3.05) is 19.6 Å². The van der Waals surface area contributed by atoms with E-state index in [0.29, 0.717) is 6.42 Å². The van der Waals surface area contributed by atoms with Gasteiger partial charge in [0.2, 0.25) is 0 Å². The molecule has 0 aromatic heterocycles. The molecular formula is C9H16N2. The average Bonchev–Trinajstić information content (AvgIpc) is 2.05. The van der Waals surface area contributed by atoms with Crippen molar-refractivity contribution in [2.45, 2.75) is 19.8 Å². The number of nitrogens with zero attached hydrogens (tertiary/aromatic N) is 2. The summed E-state index contributed by atoms with van der Waals surface area (Å²) in [7, 11) is 0. The van der Waals surface area contributed by atoms with E-state index in [1.165, 1.54) is 0 Å². The summed E-state index contributed by atoms with van der Waals surface area (Å²) in [6.45, 7) is 8.71. The smallest absolute Gasteiger partial charge is 0.0635 e. The molecule has 0 aromatic carbocycles. The molecule has 0 heterocycles. The van der Waals surface area contributed by atoms with Crippen LogP contribution in [0.5, 0.6) is 0 Å². The van der Waals surface area contributed by atoms with Crippen molar-refractivity contribution in [3.8, 4) is 6.07 Å². The van der Waals surface area contributed by atoms with Gasteiger partial charge in [0.15, 0.2) is 0 Å². The summed E-state index contributed by atoms with van der Waals surface area (Å²) in [6, 6.07) is 2.14. The SMILES string of the molecule is C=CCCN(CC)CCC#N. The van der Waals surface area contributed by atoms with Crippen molar-refractivity contribution in [1.82, 2.24) is 4.90 Å². The molecule has 0 aliphatic carbocycles. The fraction of sp³-hybridized carbons (Fsp3) is 0.667. The van der Waals surface area contributed by atoms with Gasteiger partial charge in [-0.25, -0.2) is 0 Å². The highest BCUT2D eigenvalue weighted by atomic mass is 15.1. The maximum Gasteiger partial charge on any atom is 0.0635 e. The molecule has 11 heavy (non-hydrogen) atoms. The number of nitriles is 1. The van der Waals surface area contributed by atoms with Gasteiger partial charge in [0.1, 0.15) is 0 Å². The highest BCUT2D eigenvalue weighted by Crippen LogP contribution is 1.93. The summed E-state index contributed by atoms with van der Waals surface area (Å²) in [5, 5.41) is 8.34.